The lowest BCUT2D eigenvalue weighted by Crippen LogP contribution is -2.46. The van der Waals surface area contributed by atoms with E-state index in [-0.39, 0.29) is 29.7 Å². The average Bonchev–Trinajstić information content (AvgIpc) is 3.47. The molecule has 8 heteroatoms. The second kappa shape index (κ2) is 12.0. The zero-order chi connectivity index (χ0) is 27.4. The fourth-order valence-electron chi connectivity index (χ4n) is 6.52. The molecule has 1 spiro atoms. The number of halogens is 1. The molecule has 1 fully saturated rings. The molecule has 2 amide bonds. The number of carbonyl (C=O) groups excluding carboxylic acids is 3. The maximum Gasteiger partial charge on any atom is 0.255 e. The number of fused-ring (bicyclic) bond motifs is 3. The summed E-state index contributed by atoms with van der Waals surface area (Å²) in [6.07, 6.45) is 7.38. The van der Waals surface area contributed by atoms with E-state index in [4.69, 9.17) is 4.74 Å². The number of hydrogen-bond acceptors (Lipinski definition) is 5. The van der Waals surface area contributed by atoms with Gasteiger partial charge in [-0.25, -0.2) is 4.39 Å². The third-order valence-corrected chi connectivity index (χ3v) is 8.72. The zero-order valence-corrected chi connectivity index (χ0v) is 22.7. The summed E-state index contributed by atoms with van der Waals surface area (Å²) in [5.74, 6) is -0.562. The minimum atomic E-state index is -0.638. The van der Waals surface area contributed by atoms with Gasteiger partial charge in [0.15, 0.2) is 0 Å². The second-order valence-electron chi connectivity index (χ2n) is 11.0. The molecule has 1 saturated heterocycles. The van der Waals surface area contributed by atoms with Crippen LogP contribution < -0.4 is 5.32 Å². The summed E-state index contributed by atoms with van der Waals surface area (Å²) < 4.78 is 19.8. The number of rotatable bonds is 11. The van der Waals surface area contributed by atoms with Crippen molar-refractivity contribution >= 4 is 18.1 Å². The quantitative estimate of drug-likeness (QED) is 0.346. The van der Waals surface area contributed by atoms with Crippen LogP contribution in [0.3, 0.4) is 0 Å². The van der Waals surface area contributed by atoms with E-state index in [0.717, 1.165) is 75.6 Å². The van der Waals surface area contributed by atoms with Crippen LogP contribution in [0.1, 0.15) is 77.6 Å². The predicted molar refractivity (Wildman–Crippen MR) is 146 cm³/mol. The summed E-state index contributed by atoms with van der Waals surface area (Å²) in [6.45, 7) is 3.94. The van der Waals surface area contributed by atoms with Gasteiger partial charge in [-0.15, -0.1) is 0 Å². The second-order valence-corrected chi connectivity index (χ2v) is 11.0. The maximum absolute atomic E-state index is 13.6. The number of nitrogens with one attached hydrogen (secondary N) is 1. The Bertz CT molecular complexity index is 1220. The summed E-state index contributed by atoms with van der Waals surface area (Å²) in [7, 11) is 1.56. The van der Waals surface area contributed by atoms with Crippen LogP contribution in [-0.4, -0.2) is 60.6 Å². The Kier molecular flexibility index (Phi) is 8.43. The molecular weight excluding hydrogens is 497 g/mol. The van der Waals surface area contributed by atoms with Gasteiger partial charge in [-0.2, -0.15) is 0 Å². The summed E-state index contributed by atoms with van der Waals surface area (Å²) in [6, 6.07) is 10.3. The molecule has 2 aromatic carbocycles. The number of likely N-dealkylation sites (tertiary alicyclic amines) is 1. The highest BCUT2D eigenvalue weighted by atomic mass is 19.1. The topological polar surface area (TPSA) is 79.0 Å². The molecule has 0 saturated carbocycles. The van der Waals surface area contributed by atoms with Crippen LogP contribution in [-0.2, 0) is 39.5 Å². The lowest BCUT2D eigenvalue weighted by atomic mass is 9.83. The molecule has 3 aliphatic rings. The van der Waals surface area contributed by atoms with E-state index in [1.165, 1.54) is 11.1 Å². The lowest BCUT2D eigenvalue weighted by Gasteiger charge is -2.39. The van der Waals surface area contributed by atoms with Gasteiger partial charge in [0.25, 0.3) is 5.91 Å². The van der Waals surface area contributed by atoms with E-state index >= 15 is 0 Å². The van der Waals surface area contributed by atoms with Crippen molar-refractivity contribution in [1.29, 1.82) is 0 Å². The number of ether oxygens (including phenoxy) is 1. The average molecular weight is 536 g/mol. The van der Waals surface area contributed by atoms with Crippen molar-refractivity contribution in [3.8, 4) is 0 Å². The Balaban J connectivity index is 1.09. The van der Waals surface area contributed by atoms with Gasteiger partial charge in [-0.05, 0) is 85.5 Å². The predicted octanol–water partition coefficient (Wildman–Crippen LogP) is 4.11. The van der Waals surface area contributed by atoms with E-state index in [9.17, 15) is 18.8 Å². The van der Waals surface area contributed by atoms with Gasteiger partial charge >= 0.3 is 0 Å². The highest BCUT2D eigenvalue weighted by Gasteiger charge is 2.42. The molecule has 1 N–H and O–H groups in total. The number of hydrogen-bond donors (Lipinski definition) is 1. The number of aldehydes is 1. The molecule has 1 unspecified atom stereocenters. The van der Waals surface area contributed by atoms with Crippen LogP contribution in [0.2, 0.25) is 0 Å². The Labute approximate surface area is 229 Å². The lowest BCUT2D eigenvalue weighted by molar-refractivity contribution is -0.125. The van der Waals surface area contributed by atoms with Gasteiger partial charge < -0.3 is 24.6 Å². The first-order valence-corrected chi connectivity index (χ1v) is 14.2. The maximum atomic E-state index is 13.6. The number of aryl methyl sites for hydroxylation is 1. The molecule has 0 aliphatic carbocycles. The minimum absolute atomic E-state index is 0.131. The van der Waals surface area contributed by atoms with Crippen LogP contribution in [0, 0.1) is 5.82 Å². The zero-order valence-electron chi connectivity index (χ0n) is 22.7. The Morgan fingerprint density at radius 3 is 2.77 bits per heavy atom. The summed E-state index contributed by atoms with van der Waals surface area (Å²) in [5.41, 5.74) is 4.77. The molecule has 0 radical (unpaired) electrons. The SMILES string of the molecule is CNC(=O)C(CCC=O)N1Cc2c(CCCCCN3CCC4(CC3)OCc3cc(F)ccc34)cccc2C1=O. The monoisotopic (exact) mass is 535 g/mol. The number of carbonyl (C=O) groups is 3. The van der Waals surface area contributed by atoms with Crippen LogP contribution in [0.15, 0.2) is 36.4 Å². The molecule has 208 valence electrons. The number of unbranched alkanes of at least 4 members (excludes halogenated alkanes) is 2. The van der Waals surface area contributed by atoms with Crippen molar-refractivity contribution in [2.24, 2.45) is 0 Å². The number of likely N-dealkylation sites (N-methyl/N-ethyl adjacent to an activating group) is 1. The van der Waals surface area contributed by atoms with E-state index in [2.05, 4.69) is 16.3 Å². The van der Waals surface area contributed by atoms with Gasteiger partial charge in [0.05, 0.1) is 12.2 Å². The van der Waals surface area contributed by atoms with Crippen molar-refractivity contribution in [1.82, 2.24) is 15.1 Å². The van der Waals surface area contributed by atoms with Crippen molar-refractivity contribution in [3.05, 3.63) is 70.0 Å². The molecular formula is C31H38FN3O4. The van der Waals surface area contributed by atoms with E-state index in [0.29, 0.717) is 25.1 Å². The molecule has 3 heterocycles. The molecule has 39 heavy (non-hydrogen) atoms. The van der Waals surface area contributed by atoms with Crippen LogP contribution in [0.5, 0.6) is 0 Å². The number of nitrogens with zero attached hydrogens (tertiary/aromatic N) is 2. The van der Waals surface area contributed by atoms with Gasteiger partial charge in [-0.3, -0.25) is 9.59 Å². The minimum Gasteiger partial charge on any atom is -0.365 e. The smallest absolute Gasteiger partial charge is 0.255 e. The van der Waals surface area contributed by atoms with Crippen molar-refractivity contribution < 1.29 is 23.5 Å². The standard InChI is InChI=1S/C31H38FN3O4/c1-33-29(37)28(10-6-18-36)35-20-26-22(8-5-9-25(26)30(35)38)7-3-2-4-15-34-16-13-31(14-17-34)27-12-11-24(32)19-23(27)21-39-31/h5,8-9,11-12,18-19,28H,2-4,6-7,10,13-17,20-21H2,1H3,(H,33,37). The first kappa shape index (κ1) is 27.5. The first-order chi connectivity index (χ1) is 19.0. The van der Waals surface area contributed by atoms with Crippen LogP contribution >= 0.6 is 0 Å². The Morgan fingerprint density at radius 1 is 1.18 bits per heavy atom. The van der Waals surface area contributed by atoms with Crippen molar-refractivity contribution in [2.75, 3.05) is 26.7 Å². The fourth-order valence-corrected chi connectivity index (χ4v) is 6.52. The van der Waals surface area contributed by atoms with Crippen LogP contribution in [0.25, 0.3) is 0 Å². The molecule has 0 bridgehead atoms. The summed E-state index contributed by atoms with van der Waals surface area (Å²) in [5, 5.41) is 2.64. The van der Waals surface area contributed by atoms with Crippen molar-refractivity contribution in [3.63, 3.8) is 0 Å². The van der Waals surface area contributed by atoms with E-state index in [1.807, 2.05) is 18.2 Å². The third kappa shape index (κ3) is 5.63. The molecule has 7 nitrogen and oxygen atoms in total. The van der Waals surface area contributed by atoms with Gasteiger partial charge in [0.2, 0.25) is 5.91 Å². The number of amides is 2. The summed E-state index contributed by atoms with van der Waals surface area (Å²) in [4.78, 5) is 40.6. The third-order valence-electron chi connectivity index (χ3n) is 8.72. The molecule has 0 aromatic heterocycles. The highest BCUT2D eigenvalue weighted by molar-refractivity contribution is 6.01. The first-order valence-electron chi connectivity index (χ1n) is 14.2. The Hall–Kier alpha value is -3.10. The molecule has 2 aromatic rings. The van der Waals surface area contributed by atoms with Gasteiger partial charge in [-0.1, -0.05) is 24.6 Å². The molecule has 5 rings (SSSR count). The number of piperidine rings is 1. The van der Waals surface area contributed by atoms with Crippen LogP contribution in [0.4, 0.5) is 4.39 Å². The highest BCUT2D eigenvalue weighted by Crippen LogP contribution is 2.44. The number of benzene rings is 2. The van der Waals surface area contributed by atoms with Gasteiger partial charge in [0.1, 0.15) is 18.1 Å². The van der Waals surface area contributed by atoms with Crippen molar-refractivity contribution in [2.45, 2.75) is 76.2 Å². The molecule has 1 atom stereocenters. The van der Waals surface area contributed by atoms with E-state index in [1.54, 1.807) is 24.1 Å². The largest absolute Gasteiger partial charge is 0.365 e. The fraction of sp³-hybridized carbons (Fsp3) is 0.516. The van der Waals surface area contributed by atoms with Gasteiger partial charge in [0, 0.05) is 38.7 Å². The normalized spacial score (nSPS) is 18.7. The summed E-state index contributed by atoms with van der Waals surface area (Å²) >= 11 is 0. The molecule has 3 aliphatic heterocycles. The Morgan fingerprint density at radius 2 is 2.00 bits per heavy atom. The van der Waals surface area contributed by atoms with E-state index < -0.39 is 6.04 Å².